The lowest BCUT2D eigenvalue weighted by molar-refractivity contribution is 0.525. The zero-order chi connectivity index (χ0) is 13.0. The molecule has 0 radical (unpaired) electrons. The first-order chi connectivity index (χ1) is 8.70. The van der Waals surface area contributed by atoms with Crippen molar-refractivity contribution in [1.82, 2.24) is 10.3 Å². The van der Waals surface area contributed by atoms with Crippen LogP contribution in [0, 0.1) is 17.2 Å². The molecule has 1 unspecified atom stereocenters. The molecule has 0 aliphatic rings. The van der Waals surface area contributed by atoms with Crippen molar-refractivity contribution in [2.45, 2.75) is 19.9 Å². The molecule has 1 aromatic carbocycles. The molecule has 0 saturated carbocycles. The van der Waals surface area contributed by atoms with E-state index in [2.05, 4.69) is 30.2 Å². The third-order valence-electron chi connectivity index (χ3n) is 2.82. The molecule has 3 nitrogen and oxygen atoms in total. The minimum Gasteiger partial charge on any atom is -0.298 e. The average Bonchev–Trinajstić information content (AvgIpc) is 2.39. The van der Waals surface area contributed by atoms with Gasteiger partial charge < -0.3 is 0 Å². The van der Waals surface area contributed by atoms with Crippen LogP contribution in [-0.4, -0.2) is 11.5 Å². The number of nitriles is 1. The summed E-state index contributed by atoms with van der Waals surface area (Å²) >= 11 is 0. The summed E-state index contributed by atoms with van der Waals surface area (Å²) in [7, 11) is 0. The Morgan fingerprint density at radius 2 is 2.17 bits per heavy atom. The van der Waals surface area contributed by atoms with Crippen LogP contribution in [0.5, 0.6) is 0 Å². The fourth-order valence-corrected chi connectivity index (χ4v) is 1.87. The molecule has 1 atom stereocenters. The van der Waals surface area contributed by atoms with Crippen molar-refractivity contribution in [3.05, 3.63) is 42.1 Å². The summed E-state index contributed by atoms with van der Waals surface area (Å²) in [4.78, 5) is 4.28. The molecule has 92 valence electrons. The lowest BCUT2D eigenvalue weighted by Crippen LogP contribution is -2.24. The Morgan fingerprint density at radius 1 is 1.33 bits per heavy atom. The molecular weight excluding hydrogens is 222 g/mol. The summed E-state index contributed by atoms with van der Waals surface area (Å²) in [5.74, 6) is 0.531. The van der Waals surface area contributed by atoms with Crippen LogP contribution in [0.15, 0.2) is 36.5 Å². The molecule has 0 saturated heterocycles. The van der Waals surface area contributed by atoms with Crippen LogP contribution in [0.4, 0.5) is 0 Å². The van der Waals surface area contributed by atoms with Crippen LogP contribution in [0.1, 0.15) is 25.5 Å². The molecule has 0 aliphatic carbocycles. The second-order valence-corrected chi connectivity index (χ2v) is 4.82. The molecule has 18 heavy (non-hydrogen) atoms. The van der Waals surface area contributed by atoms with Crippen LogP contribution in [0.2, 0.25) is 0 Å². The molecule has 2 rings (SSSR count). The number of pyridine rings is 1. The highest BCUT2D eigenvalue weighted by molar-refractivity contribution is 5.79. The Morgan fingerprint density at radius 3 is 2.89 bits per heavy atom. The van der Waals surface area contributed by atoms with E-state index in [1.54, 1.807) is 6.20 Å². The maximum atomic E-state index is 9.24. The van der Waals surface area contributed by atoms with E-state index in [1.807, 2.05) is 30.3 Å². The highest BCUT2D eigenvalue weighted by atomic mass is 14.9. The van der Waals surface area contributed by atoms with Crippen molar-refractivity contribution >= 4 is 10.9 Å². The lowest BCUT2D eigenvalue weighted by atomic mass is 10.0. The van der Waals surface area contributed by atoms with Crippen molar-refractivity contribution in [2.75, 3.05) is 6.54 Å². The number of rotatable bonds is 4. The van der Waals surface area contributed by atoms with Crippen molar-refractivity contribution in [3.8, 4) is 6.07 Å². The van der Waals surface area contributed by atoms with E-state index in [0.717, 1.165) is 23.0 Å². The van der Waals surface area contributed by atoms with Gasteiger partial charge in [-0.15, -0.1) is 0 Å². The summed E-state index contributed by atoms with van der Waals surface area (Å²) in [6.45, 7) is 5.10. The van der Waals surface area contributed by atoms with Crippen molar-refractivity contribution < 1.29 is 0 Å². The topological polar surface area (TPSA) is 48.7 Å². The highest BCUT2D eigenvalue weighted by Gasteiger charge is 2.10. The second-order valence-electron chi connectivity index (χ2n) is 4.82. The van der Waals surface area contributed by atoms with E-state index in [0.29, 0.717) is 5.92 Å². The van der Waals surface area contributed by atoms with Gasteiger partial charge in [-0.25, -0.2) is 0 Å². The Labute approximate surface area is 107 Å². The standard InChI is InChI=1S/C15H17N3/c1-11(2)10-18-15(9-16)13-5-6-14-12(8-13)4-3-7-17-14/h3-8,11,15,18H,10H2,1-2H3. The third kappa shape index (κ3) is 2.85. The van der Waals surface area contributed by atoms with E-state index in [1.165, 1.54) is 0 Å². The molecular formula is C15H17N3. The normalized spacial score (nSPS) is 12.6. The first-order valence-corrected chi connectivity index (χ1v) is 6.18. The van der Waals surface area contributed by atoms with Gasteiger partial charge in [-0.1, -0.05) is 26.0 Å². The third-order valence-corrected chi connectivity index (χ3v) is 2.82. The van der Waals surface area contributed by atoms with Crippen LogP contribution in [0.3, 0.4) is 0 Å². The van der Waals surface area contributed by atoms with Gasteiger partial charge in [-0.05, 0) is 36.2 Å². The fraction of sp³-hybridized carbons (Fsp3) is 0.333. The number of nitrogens with one attached hydrogen (secondary N) is 1. The lowest BCUT2D eigenvalue weighted by Gasteiger charge is -2.14. The van der Waals surface area contributed by atoms with E-state index < -0.39 is 0 Å². The van der Waals surface area contributed by atoms with Gasteiger partial charge in [0.25, 0.3) is 0 Å². The molecule has 1 N–H and O–H groups in total. The molecule has 0 bridgehead atoms. The van der Waals surface area contributed by atoms with E-state index in [-0.39, 0.29) is 6.04 Å². The number of hydrogen-bond donors (Lipinski definition) is 1. The smallest absolute Gasteiger partial charge is 0.121 e. The van der Waals surface area contributed by atoms with Crippen LogP contribution < -0.4 is 5.32 Å². The van der Waals surface area contributed by atoms with Gasteiger partial charge in [0.05, 0.1) is 11.6 Å². The zero-order valence-electron chi connectivity index (χ0n) is 10.7. The maximum absolute atomic E-state index is 9.24. The Balaban J connectivity index is 2.26. The summed E-state index contributed by atoms with van der Waals surface area (Å²) in [5.41, 5.74) is 1.96. The quantitative estimate of drug-likeness (QED) is 0.892. The number of nitrogens with zero attached hydrogens (tertiary/aromatic N) is 2. The van der Waals surface area contributed by atoms with Gasteiger partial charge in [-0.2, -0.15) is 5.26 Å². The van der Waals surface area contributed by atoms with E-state index >= 15 is 0 Å². The zero-order valence-corrected chi connectivity index (χ0v) is 10.7. The molecule has 0 fully saturated rings. The molecule has 1 aromatic heterocycles. The fourth-order valence-electron chi connectivity index (χ4n) is 1.87. The van der Waals surface area contributed by atoms with E-state index in [9.17, 15) is 5.26 Å². The summed E-state index contributed by atoms with van der Waals surface area (Å²) in [6, 6.07) is 11.9. The number of aromatic nitrogens is 1. The van der Waals surface area contributed by atoms with Gasteiger partial charge in [0, 0.05) is 11.6 Å². The molecule has 1 heterocycles. The summed E-state index contributed by atoms with van der Waals surface area (Å²) < 4.78 is 0. The Hall–Kier alpha value is -1.92. The number of fused-ring (bicyclic) bond motifs is 1. The van der Waals surface area contributed by atoms with Gasteiger partial charge in [0.2, 0.25) is 0 Å². The first kappa shape index (κ1) is 12.5. The van der Waals surface area contributed by atoms with Crippen molar-refractivity contribution in [1.29, 1.82) is 5.26 Å². The average molecular weight is 239 g/mol. The molecule has 2 aromatic rings. The molecule has 0 aliphatic heterocycles. The van der Waals surface area contributed by atoms with Crippen molar-refractivity contribution in [2.24, 2.45) is 5.92 Å². The van der Waals surface area contributed by atoms with Gasteiger partial charge in [-0.3, -0.25) is 10.3 Å². The van der Waals surface area contributed by atoms with Gasteiger partial charge in [0.1, 0.15) is 6.04 Å². The van der Waals surface area contributed by atoms with Crippen molar-refractivity contribution in [3.63, 3.8) is 0 Å². The Bertz CT molecular complexity index is 569. The van der Waals surface area contributed by atoms with E-state index in [4.69, 9.17) is 0 Å². The van der Waals surface area contributed by atoms with Gasteiger partial charge in [0.15, 0.2) is 0 Å². The molecule has 0 amide bonds. The molecule has 3 heteroatoms. The first-order valence-electron chi connectivity index (χ1n) is 6.18. The predicted octanol–water partition coefficient (Wildman–Crippen LogP) is 3.05. The number of benzene rings is 1. The van der Waals surface area contributed by atoms with Gasteiger partial charge >= 0.3 is 0 Å². The second kappa shape index (κ2) is 5.61. The highest BCUT2D eigenvalue weighted by Crippen LogP contribution is 2.18. The monoisotopic (exact) mass is 239 g/mol. The summed E-state index contributed by atoms with van der Waals surface area (Å²) in [5, 5.41) is 13.6. The van der Waals surface area contributed by atoms with Crippen LogP contribution in [0.25, 0.3) is 10.9 Å². The Kier molecular flexibility index (Phi) is 3.91. The van der Waals surface area contributed by atoms with Crippen LogP contribution >= 0.6 is 0 Å². The molecule has 0 spiro atoms. The van der Waals surface area contributed by atoms with Crippen LogP contribution in [-0.2, 0) is 0 Å². The minimum absolute atomic E-state index is 0.253. The SMILES string of the molecule is CC(C)CNC(C#N)c1ccc2ncccc2c1. The largest absolute Gasteiger partial charge is 0.298 e. The predicted molar refractivity (Wildman–Crippen MR) is 72.9 cm³/mol. The maximum Gasteiger partial charge on any atom is 0.121 e. The summed E-state index contributed by atoms with van der Waals surface area (Å²) in [6.07, 6.45) is 1.78. The number of hydrogen-bond acceptors (Lipinski definition) is 3. The minimum atomic E-state index is -0.253.